The Morgan fingerprint density at radius 2 is 1.83 bits per heavy atom. The van der Waals surface area contributed by atoms with Gasteiger partial charge >= 0.3 is 8.69 Å². The average Bonchev–Trinajstić information content (AvgIpc) is 1.39. The monoisotopic (exact) mass is 107 g/mol. The van der Waals surface area contributed by atoms with Crippen LogP contribution in [-0.2, 0) is 9.36 Å². The van der Waals surface area contributed by atoms with Crippen LogP contribution in [0.4, 0.5) is 0 Å². The van der Waals surface area contributed by atoms with Crippen molar-refractivity contribution < 1.29 is 14.3 Å². The third-order valence-electron chi connectivity index (χ3n) is 0. The van der Waals surface area contributed by atoms with Gasteiger partial charge in [-0.1, -0.05) is 0 Å². The molecule has 0 aliphatic heterocycles. The molecule has 0 heterocycles. The maximum Gasteiger partial charge on any atom is 0.324 e. The quantitative estimate of drug-likeness (QED) is 0.261. The van der Waals surface area contributed by atoms with Crippen LogP contribution in [0.15, 0.2) is 0 Å². The molecular formula is CH2NO3P. The molecule has 0 fully saturated rings. The molecule has 0 amide bonds. The summed E-state index contributed by atoms with van der Waals surface area (Å²) >= 11 is 0. The summed E-state index contributed by atoms with van der Waals surface area (Å²) in [5.74, 6) is 0. The first-order valence-corrected chi connectivity index (χ1v) is 1.60. The third-order valence-corrected chi connectivity index (χ3v) is 0. The van der Waals surface area contributed by atoms with Crippen molar-refractivity contribution in [2.24, 2.45) is 0 Å². The number of rotatable bonds is 0. The molecule has 0 radical (unpaired) electrons. The summed E-state index contributed by atoms with van der Waals surface area (Å²) in [6, 6.07) is 0. The lowest BCUT2D eigenvalue weighted by Crippen LogP contribution is -1.16. The van der Waals surface area contributed by atoms with Gasteiger partial charge in [0.15, 0.2) is 0 Å². The molecule has 0 rings (SSSR count). The van der Waals surface area contributed by atoms with Gasteiger partial charge in [-0.05, 0) is 0 Å². The van der Waals surface area contributed by atoms with Crippen LogP contribution in [0, 0.1) is 5.41 Å². The number of isocyanates is 1. The molecule has 0 aromatic heterocycles. The van der Waals surface area contributed by atoms with E-state index in [0.717, 1.165) is 6.08 Å². The highest BCUT2D eigenvalue weighted by Gasteiger charge is 1.28. The molecule has 0 saturated carbocycles. The summed E-state index contributed by atoms with van der Waals surface area (Å²) in [7, 11) is -0.833. The maximum absolute atomic E-state index is 8.46. The van der Waals surface area contributed by atoms with Gasteiger partial charge in [0.2, 0.25) is 6.08 Å². The van der Waals surface area contributed by atoms with Gasteiger partial charge in [-0.3, -0.25) is 0 Å². The van der Waals surface area contributed by atoms with Crippen LogP contribution >= 0.6 is 8.69 Å². The predicted molar refractivity (Wildman–Crippen MR) is 18.2 cm³/mol. The van der Waals surface area contributed by atoms with Gasteiger partial charge in [0.1, 0.15) is 0 Å². The van der Waals surface area contributed by atoms with E-state index in [0.29, 0.717) is 0 Å². The van der Waals surface area contributed by atoms with Crippen molar-refractivity contribution >= 4 is 14.8 Å². The van der Waals surface area contributed by atoms with Gasteiger partial charge in [0.25, 0.3) is 0 Å². The Labute approximate surface area is 35.6 Å². The van der Waals surface area contributed by atoms with Crippen LogP contribution in [-0.4, -0.2) is 11.0 Å². The molecule has 0 aliphatic rings. The minimum Gasteiger partial charge on any atom is -0.310 e. The predicted octanol–water partition coefficient (Wildman–Crippen LogP) is 0.0864. The molecule has 0 unspecified atom stereocenters. The molecule has 0 saturated heterocycles. The summed E-state index contributed by atoms with van der Waals surface area (Å²) in [4.78, 5) is 15.3. The zero-order valence-electron chi connectivity index (χ0n) is 2.71. The molecule has 0 atom stereocenters. The highest BCUT2D eigenvalue weighted by molar-refractivity contribution is 7.16. The Kier molecular flexibility index (Phi) is 38.3. The van der Waals surface area contributed by atoms with Crippen molar-refractivity contribution in [3.8, 4) is 0 Å². The lowest BCUT2D eigenvalue weighted by atomic mass is 11.7. The molecule has 4 nitrogen and oxygen atoms in total. The van der Waals surface area contributed by atoms with Crippen molar-refractivity contribution in [1.82, 2.24) is 0 Å². The Hall–Kier alpha value is -0.560. The normalized spacial score (nSPS) is 4.83. The van der Waals surface area contributed by atoms with Crippen molar-refractivity contribution in [1.29, 1.82) is 5.41 Å². The number of hydrogen-bond acceptors (Lipinski definition) is 3. The standard InChI is InChI=1S/CHNO.HO2P/c2-1-3;1-3-2/h2H;(H,1,2). The van der Waals surface area contributed by atoms with E-state index in [2.05, 4.69) is 0 Å². The average molecular weight is 107 g/mol. The fraction of sp³-hybridized carbons (Fsp3) is 0. The molecule has 0 aromatic rings. The van der Waals surface area contributed by atoms with E-state index in [1.54, 1.807) is 0 Å². The van der Waals surface area contributed by atoms with Gasteiger partial charge in [-0.15, -0.1) is 0 Å². The lowest BCUT2D eigenvalue weighted by molar-refractivity contribution is 0.524. The second-order valence-electron chi connectivity index (χ2n) is 0.184. The van der Waals surface area contributed by atoms with Crippen molar-refractivity contribution in [3.05, 3.63) is 0 Å². The number of nitrogens with one attached hydrogen (secondary N) is 1. The van der Waals surface area contributed by atoms with E-state index >= 15 is 0 Å². The van der Waals surface area contributed by atoms with Crippen LogP contribution in [0.3, 0.4) is 0 Å². The van der Waals surface area contributed by atoms with Crippen LogP contribution in [0.2, 0.25) is 0 Å². The fourth-order valence-corrected chi connectivity index (χ4v) is 0. The first-order chi connectivity index (χ1) is 2.83. The van der Waals surface area contributed by atoms with E-state index in [1.807, 2.05) is 0 Å². The highest BCUT2D eigenvalue weighted by atomic mass is 31.1. The second-order valence-corrected chi connectivity index (χ2v) is 0.347. The third kappa shape index (κ3) is 65.3. The Morgan fingerprint density at radius 1 is 1.83 bits per heavy atom. The van der Waals surface area contributed by atoms with Gasteiger partial charge in [0.05, 0.1) is 0 Å². The molecule has 0 aromatic carbocycles. The summed E-state index contributed by atoms with van der Waals surface area (Å²) in [6.07, 6.45) is 0.750. The van der Waals surface area contributed by atoms with E-state index in [9.17, 15) is 0 Å². The minimum absolute atomic E-state index is 0.750. The van der Waals surface area contributed by atoms with E-state index in [4.69, 9.17) is 19.7 Å². The molecule has 0 aliphatic carbocycles. The van der Waals surface area contributed by atoms with Crippen molar-refractivity contribution in [2.75, 3.05) is 0 Å². The summed E-state index contributed by atoms with van der Waals surface area (Å²) < 4.78 is 8.46. The van der Waals surface area contributed by atoms with Gasteiger partial charge in [0, 0.05) is 0 Å². The first-order valence-electron chi connectivity index (χ1n) is 0.837. The molecule has 2 N–H and O–H groups in total. The van der Waals surface area contributed by atoms with E-state index in [-0.39, 0.29) is 0 Å². The van der Waals surface area contributed by atoms with Crippen LogP contribution < -0.4 is 0 Å². The fourth-order valence-electron chi connectivity index (χ4n) is 0. The zero-order chi connectivity index (χ0) is 5.41. The largest absolute Gasteiger partial charge is 0.324 e. The van der Waals surface area contributed by atoms with Gasteiger partial charge < -0.3 is 4.89 Å². The topological polar surface area (TPSA) is 78.2 Å². The minimum atomic E-state index is -0.833. The van der Waals surface area contributed by atoms with Crippen molar-refractivity contribution in [3.63, 3.8) is 0 Å². The number of hydrogen-bond donors (Lipinski definition) is 2. The van der Waals surface area contributed by atoms with E-state index in [1.165, 1.54) is 0 Å². The summed E-state index contributed by atoms with van der Waals surface area (Å²) in [5, 5.41) is 5.40. The Balaban J connectivity index is 0. The molecule has 0 bridgehead atoms. The Morgan fingerprint density at radius 3 is 1.83 bits per heavy atom. The maximum atomic E-state index is 8.46. The molecule has 0 spiro atoms. The lowest BCUT2D eigenvalue weighted by Gasteiger charge is -1.24. The molecular weight excluding hydrogens is 105 g/mol. The Bertz CT molecular complexity index is 55.8. The second kappa shape index (κ2) is 25.3. The van der Waals surface area contributed by atoms with Crippen LogP contribution in [0.5, 0.6) is 0 Å². The smallest absolute Gasteiger partial charge is 0.310 e. The number of carbonyl (C=O) groups excluding carboxylic acids is 1. The summed E-state index contributed by atoms with van der Waals surface area (Å²) in [5.41, 5.74) is 0. The van der Waals surface area contributed by atoms with E-state index < -0.39 is 8.69 Å². The van der Waals surface area contributed by atoms with Crippen molar-refractivity contribution in [2.45, 2.75) is 0 Å². The van der Waals surface area contributed by atoms with Crippen LogP contribution in [0.25, 0.3) is 0 Å². The molecule has 34 valence electrons. The van der Waals surface area contributed by atoms with Gasteiger partial charge in [-0.25, -0.2) is 14.8 Å². The van der Waals surface area contributed by atoms with Gasteiger partial charge in [-0.2, -0.15) is 0 Å². The highest BCUT2D eigenvalue weighted by Crippen LogP contribution is 1.66. The summed E-state index contributed by atoms with van der Waals surface area (Å²) in [6.45, 7) is 0. The first kappa shape index (κ1) is 9.06. The molecule has 5 heteroatoms. The SMILES string of the molecule is N=C=O.O=PO. The molecule has 6 heavy (non-hydrogen) atoms. The van der Waals surface area contributed by atoms with Crippen LogP contribution in [0.1, 0.15) is 0 Å². The zero-order valence-corrected chi connectivity index (χ0v) is 3.61.